The summed E-state index contributed by atoms with van der Waals surface area (Å²) < 4.78 is 0. The van der Waals surface area contributed by atoms with Crippen LogP contribution in [-0.4, -0.2) is 66.1 Å². The predicted octanol–water partition coefficient (Wildman–Crippen LogP) is 2.55. The van der Waals surface area contributed by atoms with Gasteiger partial charge in [-0.05, 0) is 48.8 Å². The van der Waals surface area contributed by atoms with Crippen molar-refractivity contribution in [2.75, 3.05) is 39.3 Å². The molecule has 2 amide bonds. The van der Waals surface area contributed by atoms with E-state index in [1.165, 1.54) is 0 Å². The highest BCUT2D eigenvalue weighted by Crippen LogP contribution is 2.33. The number of hydrogen-bond donors (Lipinski definition) is 2. The number of nitrogens with one attached hydrogen (secondary N) is 1. The highest BCUT2D eigenvalue weighted by Gasteiger charge is 2.42. The molecule has 0 radical (unpaired) electrons. The number of rotatable bonds is 7. The first kappa shape index (κ1) is 22.5. The second-order valence-electron chi connectivity index (χ2n) is 9.23. The van der Waals surface area contributed by atoms with Gasteiger partial charge >= 0.3 is 0 Å². The molecule has 2 N–H and O–H groups in total. The van der Waals surface area contributed by atoms with Crippen LogP contribution >= 0.6 is 0 Å². The number of carbonyl (C=O) groups is 2. The normalized spacial score (nSPS) is 21.4. The average Bonchev–Trinajstić information content (AvgIpc) is 3.36. The molecule has 0 aromatic heterocycles. The molecule has 0 bridgehead atoms. The van der Waals surface area contributed by atoms with Crippen LogP contribution in [0.25, 0.3) is 0 Å². The van der Waals surface area contributed by atoms with Gasteiger partial charge < -0.3 is 20.2 Å². The van der Waals surface area contributed by atoms with E-state index < -0.39 is 6.61 Å². The Morgan fingerprint density at radius 3 is 2.19 bits per heavy atom. The van der Waals surface area contributed by atoms with Crippen molar-refractivity contribution in [2.45, 2.75) is 26.3 Å². The van der Waals surface area contributed by atoms with Crippen LogP contribution in [0.2, 0.25) is 0 Å². The molecule has 2 aliphatic heterocycles. The van der Waals surface area contributed by atoms with Crippen molar-refractivity contribution >= 4 is 11.8 Å². The maximum Gasteiger partial charge on any atom is 0.254 e. The monoisotopic (exact) mass is 435 g/mol. The maximum absolute atomic E-state index is 13.2. The number of aliphatic hydroxyl groups excluding tert-OH is 1. The maximum atomic E-state index is 13.2. The van der Waals surface area contributed by atoms with Crippen LogP contribution in [0.4, 0.5) is 0 Å². The lowest BCUT2D eigenvalue weighted by Gasteiger charge is -2.25. The van der Waals surface area contributed by atoms with Crippen molar-refractivity contribution in [1.82, 2.24) is 15.1 Å². The highest BCUT2D eigenvalue weighted by molar-refractivity contribution is 5.97. The summed E-state index contributed by atoms with van der Waals surface area (Å²) in [6.07, 6.45) is 0.792. The van der Waals surface area contributed by atoms with E-state index in [9.17, 15) is 9.59 Å². The van der Waals surface area contributed by atoms with Crippen LogP contribution in [0.3, 0.4) is 0 Å². The lowest BCUT2D eigenvalue weighted by Crippen LogP contribution is -2.36. The summed E-state index contributed by atoms with van der Waals surface area (Å²) in [4.78, 5) is 29.5. The summed E-state index contributed by atoms with van der Waals surface area (Å²) in [6.45, 7) is 8.00. The summed E-state index contributed by atoms with van der Waals surface area (Å²) >= 11 is 0. The van der Waals surface area contributed by atoms with E-state index in [-0.39, 0.29) is 17.9 Å². The molecule has 0 spiro atoms. The van der Waals surface area contributed by atoms with Gasteiger partial charge in [-0.2, -0.15) is 0 Å². The van der Waals surface area contributed by atoms with Gasteiger partial charge in [0.25, 0.3) is 5.91 Å². The summed E-state index contributed by atoms with van der Waals surface area (Å²) in [7, 11) is 0. The summed E-state index contributed by atoms with van der Waals surface area (Å²) in [5, 5.41) is 12.1. The minimum Gasteiger partial charge on any atom is -0.387 e. The van der Waals surface area contributed by atoms with Crippen LogP contribution in [0.5, 0.6) is 0 Å². The molecule has 0 saturated carbocycles. The molecule has 4 rings (SSSR count). The average molecular weight is 436 g/mol. The van der Waals surface area contributed by atoms with Crippen LogP contribution in [0.1, 0.15) is 39.5 Å². The highest BCUT2D eigenvalue weighted by atomic mass is 16.3. The number of nitrogens with zero attached hydrogens (tertiary/aromatic N) is 2. The Hall–Kier alpha value is -2.70. The molecule has 0 aliphatic carbocycles. The Kier molecular flexibility index (Phi) is 6.92. The standard InChI is InChI=1S/C26H33N3O3/c1-18-7-6-8-19(2)25(18)26(32)29-15-21-13-28(14-22(21)16-29)12-11-23(27-24(31)17-30)20-9-4-3-5-10-20/h3-10,21-23,30H,11-17H2,1-2H3,(H,27,31). The van der Waals surface area contributed by atoms with Gasteiger partial charge in [-0.15, -0.1) is 0 Å². The number of carbonyl (C=O) groups excluding carboxylic acids is 2. The zero-order chi connectivity index (χ0) is 22.7. The minimum absolute atomic E-state index is 0.113. The number of benzene rings is 2. The Bertz CT molecular complexity index is 928. The van der Waals surface area contributed by atoms with Gasteiger partial charge in [0.15, 0.2) is 0 Å². The fraction of sp³-hybridized carbons (Fsp3) is 0.462. The Labute approximate surface area is 190 Å². The van der Waals surface area contributed by atoms with Crippen molar-refractivity contribution < 1.29 is 14.7 Å². The number of aryl methyl sites for hydroxylation is 2. The SMILES string of the molecule is Cc1cccc(C)c1C(=O)N1CC2CN(CCC(NC(=O)CO)c3ccccc3)CC2C1. The molecular formula is C26H33N3O3. The van der Waals surface area contributed by atoms with Gasteiger partial charge in [0.1, 0.15) is 6.61 Å². The topological polar surface area (TPSA) is 72.9 Å². The lowest BCUT2D eigenvalue weighted by molar-refractivity contribution is -0.124. The zero-order valence-corrected chi connectivity index (χ0v) is 19.0. The molecule has 6 nitrogen and oxygen atoms in total. The van der Waals surface area contributed by atoms with Crippen LogP contribution in [0, 0.1) is 25.7 Å². The van der Waals surface area contributed by atoms with E-state index in [4.69, 9.17) is 5.11 Å². The quantitative estimate of drug-likeness (QED) is 0.701. The first-order valence-corrected chi connectivity index (χ1v) is 11.5. The smallest absolute Gasteiger partial charge is 0.254 e. The number of fused-ring (bicyclic) bond motifs is 1. The molecule has 2 aromatic rings. The van der Waals surface area contributed by atoms with Gasteiger partial charge in [-0.1, -0.05) is 48.5 Å². The number of hydrogen-bond acceptors (Lipinski definition) is 4. The molecule has 3 atom stereocenters. The van der Waals surface area contributed by atoms with Gasteiger partial charge in [-0.25, -0.2) is 0 Å². The number of amides is 2. The van der Waals surface area contributed by atoms with E-state index in [1.54, 1.807) is 0 Å². The molecule has 2 saturated heterocycles. The van der Waals surface area contributed by atoms with Crippen molar-refractivity contribution in [2.24, 2.45) is 11.8 Å². The zero-order valence-electron chi connectivity index (χ0n) is 19.0. The van der Waals surface area contributed by atoms with Crippen molar-refractivity contribution in [3.63, 3.8) is 0 Å². The molecule has 32 heavy (non-hydrogen) atoms. The van der Waals surface area contributed by atoms with Crippen molar-refractivity contribution in [1.29, 1.82) is 0 Å². The first-order chi connectivity index (χ1) is 15.5. The Balaban J connectivity index is 1.33. The second-order valence-corrected chi connectivity index (χ2v) is 9.23. The molecular weight excluding hydrogens is 402 g/mol. The van der Waals surface area contributed by atoms with E-state index in [1.807, 2.05) is 67.3 Å². The molecule has 2 fully saturated rings. The summed E-state index contributed by atoms with van der Waals surface area (Å²) in [6, 6.07) is 15.8. The summed E-state index contributed by atoms with van der Waals surface area (Å²) in [5.41, 5.74) is 4.00. The van der Waals surface area contributed by atoms with E-state index >= 15 is 0 Å². The van der Waals surface area contributed by atoms with E-state index in [2.05, 4.69) is 10.2 Å². The third-order valence-electron chi connectivity index (χ3n) is 6.96. The second kappa shape index (κ2) is 9.84. The van der Waals surface area contributed by atoms with Gasteiger partial charge in [0.05, 0.1) is 6.04 Å². The van der Waals surface area contributed by atoms with Crippen molar-refractivity contribution in [3.05, 3.63) is 70.8 Å². The van der Waals surface area contributed by atoms with Gasteiger partial charge in [0, 0.05) is 38.3 Å². The van der Waals surface area contributed by atoms with E-state index in [0.717, 1.165) is 61.4 Å². The van der Waals surface area contributed by atoms with E-state index in [0.29, 0.717) is 11.8 Å². The Morgan fingerprint density at radius 2 is 1.59 bits per heavy atom. The third-order valence-corrected chi connectivity index (χ3v) is 6.96. The largest absolute Gasteiger partial charge is 0.387 e. The fourth-order valence-corrected chi connectivity index (χ4v) is 5.31. The first-order valence-electron chi connectivity index (χ1n) is 11.5. The van der Waals surface area contributed by atoms with Gasteiger partial charge in [-0.3, -0.25) is 9.59 Å². The van der Waals surface area contributed by atoms with Crippen molar-refractivity contribution in [3.8, 4) is 0 Å². The molecule has 2 aliphatic rings. The fourth-order valence-electron chi connectivity index (χ4n) is 5.31. The molecule has 2 aromatic carbocycles. The van der Waals surface area contributed by atoms with Crippen LogP contribution in [-0.2, 0) is 4.79 Å². The minimum atomic E-state index is -0.499. The molecule has 6 heteroatoms. The molecule has 3 unspecified atom stereocenters. The predicted molar refractivity (Wildman–Crippen MR) is 124 cm³/mol. The number of aliphatic hydroxyl groups is 1. The summed E-state index contributed by atoms with van der Waals surface area (Å²) in [5.74, 6) is 0.825. The molecule has 170 valence electrons. The lowest BCUT2D eigenvalue weighted by atomic mass is 10.0. The Morgan fingerprint density at radius 1 is 0.969 bits per heavy atom. The molecule has 2 heterocycles. The third kappa shape index (κ3) is 4.87. The van der Waals surface area contributed by atoms with Crippen LogP contribution in [0.15, 0.2) is 48.5 Å². The van der Waals surface area contributed by atoms with Crippen LogP contribution < -0.4 is 5.32 Å². The number of likely N-dealkylation sites (tertiary alicyclic amines) is 2. The van der Waals surface area contributed by atoms with Gasteiger partial charge in [0.2, 0.25) is 5.91 Å².